The molecule has 0 aliphatic heterocycles. The molecule has 2 nitrogen and oxygen atoms in total. The summed E-state index contributed by atoms with van der Waals surface area (Å²) in [7, 11) is 1.43. The van der Waals surface area contributed by atoms with Crippen molar-refractivity contribution in [3.63, 3.8) is 0 Å². The summed E-state index contributed by atoms with van der Waals surface area (Å²) in [5.74, 6) is 0. The molecule has 1 unspecified atom stereocenters. The second kappa shape index (κ2) is 5.71. The lowest BCUT2D eigenvalue weighted by Crippen LogP contribution is -2.36. The van der Waals surface area contributed by atoms with Crippen LogP contribution in [0.3, 0.4) is 0 Å². The van der Waals surface area contributed by atoms with E-state index in [0.717, 1.165) is 16.7 Å². The first-order valence-electron chi connectivity index (χ1n) is 5.77. The molecule has 0 bridgehead atoms. The summed E-state index contributed by atoms with van der Waals surface area (Å²) in [6, 6.07) is 5.43. The smallest absolute Gasteiger partial charge is 0.323 e. The number of likely N-dealkylation sites (N-methyl/N-ethyl adjacent to an activating group) is 1. The minimum Gasteiger partial charge on any atom is -0.323 e. The maximum Gasteiger partial charge on any atom is 0.401 e. The normalized spacial score (nSPS) is 14.0. The molecule has 18 heavy (non-hydrogen) atoms. The lowest BCUT2D eigenvalue weighted by Gasteiger charge is -2.23. The van der Waals surface area contributed by atoms with Crippen LogP contribution in [-0.4, -0.2) is 31.2 Å². The molecule has 0 heterocycles. The van der Waals surface area contributed by atoms with Crippen LogP contribution >= 0.6 is 0 Å². The summed E-state index contributed by atoms with van der Waals surface area (Å²) < 4.78 is 36.7. The molecule has 2 N–H and O–H groups in total. The van der Waals surface area contributed by atoms with Crippen molar-refractivity contribution in [3.8, 4) is 0 Å². The highest BCUT2D eigenvalue weighted by atomic mass is 19.4. The molecule has 0 fully saturated rings. The van der Waals surface area contributed by atoms with Gasteiger partial charge in [0, 0.05) is 12.6 Å². The summed E-state index contributed by atoms with van der Waals surface area (Å²) in [5.41, 5.74) is 8.95. The second-order valence-electron chi connectivity index (χ2n) is 4.78. The predicted molar refractivity (Wildman–Crippen MR) is 66.4 cm³/mol. The van der Waals surface area contributed by atoms with Gasteiger partial charge < -0.3 is 5.73 Å². The second-order valence-corrected chi connectivity index (χ2v) is 4.78. The number of aryl methyl sites for hydroxylation is 2. The number of nitrogens with zero attached hydrogens (tertiary/aromatic N) is 1. The van der Waals surface area contributed by atoms with Gasteiger partial charge in [0.15, 0.2) is 0 Å². The highest BCUT2D eigenvalue weighted by Gasteiger charge is 2.29. The van der Waals surface area contributed by atoms with Crippen molar-refractivity contribution in [1.82, 2.24) is 4.90 Å². The summed E-state index contributed by atoms with van der Waals surface area (Å²) in [4.78, 5) is 1.20. The molecular weight excluding hydrogens is 241 g/mol. The molecule has 102 valence electrons. The Kier molecular flexibility index (Phi) is 4.76. The van der Waals surface area contributed by atoms with E-state index >= 15 is 0 Å². The molecule has 0 aliphatic rings. The molecule has 1 rings (SSSR count). The zero-order valence-electron chi connectivity index (χ0n) is 10.9. The van der Waals surface area contributed by atoms with E-state index in [1.807, 2.05) is 32.0 Å². The number of benzene rings is 1. The minimum absolute atomic E-state index is 0.184. The molecule has 0 saturated carbocycles. The largest absolute Gasteiger partial charge is 0.401 e. The molecule has 1 aromatic carbocycles. The Hall–Kier alpha value is -1.07. The van der Waals surface area contributed by atoms with Crippen molar-refractivity contribution in [2.75, 3.05) is 20.1 Å². The van der Waals surface area contributed by atoms with Crippen LogP contribution in [0.2, 0.25) is 0 Å². The van der Waals surface area contributed by atoms with Gasteiger partial charge in [0.25, 0.3) is 0 Å². The molecular formula is C13H19F3N2. The van der Waals surface area contributed by atoms with Crippen molar-refractivity contribution in [2.45, 2.75) is 26.1 Å². The first kappa shape index (κ1) is 15.0. The SMILES string of the molecule is Cc1ccc(C)c(C(N)CN(C)CC(F)(F)F)c1. The van der Waals surface area contributed by atoms with Crippen molar-refractivity contribution >= 4 is 0 Å². The third-order valence-electron chi connectivity index (χ3n) is 2.79. The molecule has 0 radical (unpaired) electrons. The fourth-order valence-electron chi connectivity index (χ4n) is 1.96. The molecule has 1 aromatic rings. The number of nitrogens with two attached hydrogens (primary N) is 1. The standard InChI is InChI=1S/C13H19F3N2/c1-9-4-5-10(2)11(6-9)12(17)7-18(3)8-13(14,15)16/h4-6,12H,7-8,17H2,1-3H3. The Morgan fingerprint density at radius 3 is 2.44 bits per heavy atom. The highest BCUT2D eigenvalue weighted by molar-refractivity contribution is 5.32. The van der Waals surface area contributed by atoms with E-state index in [2.05, 4.69) is 0 Å². The van der Waals surface area contributed by atoms with Crippen LogP contribution < -0.4 is 5.73 Å². The Balaban J connectivity index is 2.70. The highest BCUT2D eigenvalue weighted by Crippen LogP contribution is 2.20. The quantitative estimate of drug-likeness (QED) is 0.902. The zero-order valence-corrected chi connectivity index (χ0v) is 10.9. The number of hydrogen-bond acceptors (Lipinski definition) is 2. The fourth-order valence-corrected chi connectivity index (χ4v) is 1.96. The van der Waals surface area contributed by atoms with E-state index in [4.69, 9.17) is 5.73 Å². The number of halogens is 3. The van der Waals surface area contributed by atoms with Crippen LogP contribution in [0.4, 0.5) is 13.2 Å². The van der Waals surface area contributed by atoms with Gasteiger partial charge in [-0.05, 0) is 32.0 Å². The molecule has 0 amide bonds. The molecule has 0 saturated heterocycles. The van der Waals surface area contributed by atoms with Crippen molar-refractivity contribution in [2.24, 2.45) is 5.73 Å². The van der Waals surface area contributed by atoms with Gasteiger partial charge in [-0.2, -0.15) is 13.2 Å². The van der Waals surface area contributed by atoms with Gasteiger partial charge in [0.1, 0.15) is 0 Å². The Labute approximate surface area is 106 Å². The fraction of sp³-hybridized carbons (Fsp3) is 0.538. The minimum atomic E-state index is -4.18. The first-order chi connectivity index (χ1) is 8.19. The van der Waals surface area contributed by atoms with E-state index in [-0.39, 0.29) is 6.54 Å². The average Bonchev–Trinajstić information content (AvgIpc) is 2.18. The molecule has 0 spiro atoms. The Morgan fingerprint density at radius 1 is 1.28 bits per heavy atom. The maximum absolute atomic E-state index is 12.2. The van der Waals surface area contributed by atoms with Crippen LogP contribution in [0.25, 0.3) is 0 Å². The van der Waals surface area contributed by atoms with E-state index in [0.29, 0.717) is 0 Å². The van der Waals surface area contributed by atoms with E-state index in [1.165, 1.54) is 11.9 Å². The van der Waals surface area contributed by atoms with Crippen molar-refractivity contribution in [1.29, 1.82) is 0 Å². The van der Waals surface area contributed by atoms with E-state index in [1.54, 1.807) is 0 Å². The van der Waals surface area contributed by atoms with Gasteiger partial charge in [-0.25, -0.2) is 0 Å². The van der Waals surface area contributed by atoms with Crippen LogP contribution in [0, 0.1) is 13.8 Å². The third-order valence-corrected chi connectivity index (χ3v) is 2.79. The lowest BCUT2D eigenvalue weighted by atomic mass is 9.99. The third kappa shape index (κ3) is 4.66. The van der Waals surface area contributed by atoms with Crippen molar-refractivity contribution in [3.05, 3.63) is 34.9 Å². The van der Waals surface area contributed by atoms with Gasteiger partial charge in [0.05, 0.1) is 6.54 Å². The summed E-state index contributed by atoms with van der Waals surface area (Å²) in [6.07, 6.45) is -4.18. The van der Waals surface area contributed by atoms with Crippen LogP contribution in [0.15, 0.2) is 18.2 Å². The van der Waals surface area contributed by atoms with E-state index < -0.39 is 18.8 Å². The monoisotopic (exact) mass is 260 g/mol. The topological polar surface area (TPSA) is 29.3 Å². The van der Waals surface area contributed by atoms with Crippen molar-refractivity contribution < 1.29 is 13.2 Å². The number of hydrogen-bond donors (Lipinski definition) is 1. The summed E-state index contributed by atoms with van der Waals surface area (Å²) in [5, 5.41) is 0. The average molecular weight is 260 g/mol. The molecule has 1 atom stereocenters. The predicted octanol–water partition coefficient (Wildman–Crippen LogP) is 2.80. The van der Waals surface area contributed by atoms with Gasteiger partial charge in [0.2, 0.25) is 0 Å². The van der Waals surface area contributed by atoms with Crippen LogP contribution in [0.1, 0.15) is 22.7 Å². The summed E-state index contributed by atoms with van der Waals surface area (Å²) >= 11 is 0. The maximum atomic E-state index is 12.2. The van der Waals surface area contributed by atoms with E-state index in [9.17, 15) is 13.2 Å². The Morgan fingerprint density at radius 2 is 1.89 bits per heavy atom. The zero-order chi connectivity index (χ0) is 13.9. The van der Waals surface area contributed by atoms with Gasteiger partial charge in [-0.1, -0.05) is 23.8 Å². The molecule has 5 heteroatoms. The Bertz CT molecular complexity index is 402. The van der Waals surface area contributed by atoms with Gasteiger partial charge >= 0.3 is 6.18 Å². The van der Waals surface area contributed by atoms with Crippen LogP contribution in [-0.2, 0) is 0 Å². The van der Waals surface area contributed by atoms with Crippen LogP contribution in [0.5, 0.6) is 0 Å². The first-order valence-corrected chi connectivity index (χ1v) is 5.77. The van der Waals surface area contributed by atoms with Gasteiger partial charge in [-0.3, -0.25) is 4.90 Å². The van der Waals surface area contributed by atoms with Gasteiger partial charge in [-0.15, -0.1) is 0 Å². The number of rotatable bonds is 4. The number of alkyl halides is 3. The molecule has 0 aliphatic carbocycles. The lowest BCUT2D eigenvalue weighted by molar-refractivity contribution is -0.143. The molecule has 0 aromatic heterocycles. The summed E-state index contributed by atoms with van der Waals surface area (Å²) in [6.45, 7) is 3.10.